The van der Waals surface area contributed by atoms with E-state index in [1.807, 2.05) is 6.07 Å². The third-order valence-corrected chi connectivity index (χ3v) is 4.98. The molecule has 0 bridgehead atoms. The van der Waals surface area contributed by atoms with Crippen molar-refractivity contribution < 1.29 is 14.1 Å². The minimum absolute atomic E-state index is 0.0482. The fourth-order valence-corrected chi connectivity index (χ4v) is 3.33. The summed E-state index contributed by atoms with van der Waals surface area (Å²) in [6.07, 6.45) is 13.5. The van der Waals surface area contributed by atoms with Crippen LogP contribution in [0.3, 0.4) is 0 Å². The summed E-state index contributed by atoms with van der Waals surface area (Å²) in [5.41, 5.74) is 0.178. The lowest BCUT2D eigenvalue weighted by molar-refractivity contribution is -0.480. The van der Waals surface area contributed by atoms with Gasteiger partial charge in [0.05, 0.1) is 17.5 Å². The lowest BCUT2D eigenvalue weighted by Crippen LogP contribution is -2.06. The molecule has 0 radical (unpaired) electrons. The average molecular weight is 405 g/mol. The van der Waals surface area contributed by atoms with Crippen LogP contribution in [0, 0.1) is 10.1 Å². The summed E-state index contributed by atoms with van der Waals surface area (Å²) in [6.45, 7) is 0.614. The molecule has 7 nitrogen and oxygen atoms in total. The van der Waals surface area contributed by atoms with Gasteiger partial charge in [0, 0.05) is 11.3 Å². The molecule has 0 saturated carbocycles. The second-order valence-electron chi connectivity index (χ2n) is 7.43. The maximum Gasteiger partial charge on any atom is 0.397 e. The van der Waals surface area contributed by atoms with E-state index in [4.69, 9.17) is 9.15 Å². The van der Waals surface area contributed by atoms with Gasteiger partial charge in [0.2, 0.25) is 6.54 Å². The van der Waals surface area contributed by atoms with Crippen LogP contribution in [-0.4, -0.2) is 23.1 Å². The largest absolute Gasteiger partial charge is 0.450 e. The fourth-order valence-electron chi connectivity index (χ4n) is 3.33. The molecule has 0 saturated heterocycles. The number of benzene rings is 1. The zero-order valence-corrected chi connectivity index (χ0v) is 17.1. The van der Waals surface area contributed by atoms with Gasteiger partial charge in [-0.2, -0.15) is 4.98 Å². The van der Waals surface area contributed by atoms with Crippen molar-refractivity contribution in [2.45, 2.75) is 77.0 Å². The van der Waals surface area contributed by atoms with Gasteiger partial charge in [-0.1, -0.05) is 69.9 Å². The molecule has 0 unspecified atom stereocenters. The Bertz CT molecular complexity index is 790. The van der Waals surface area contributed by atoms with E-state index in [2.05, 4.69) is 4.98 Å². The molecule has 1 aromatic heterocycles. The molecule has 0 aliphatic rings. The highest BCUT2D eigenvalue weighted by Gasteiger charge is 2.06. The number of fused-ring (bicyclic) bond motifs is 1. The smallest absolute Gasteiger partial charge is 0.397 e. The molecule has 1 heterocycles. The van der Waals surface area contributed by atoms with Gasteiger partial charge in [0.15, 0.2) is 0 Å². The number of unbranched alkanes of at least 4 members (excludes halogenated alkanes) is 11. The van der Waals surface area contributed by atoms with Gasteiger partial charge < -0.3 is 9.15 Å². The number of aromatic nitrogens is 1. The van der Waals surface area contributed by atoms with E-state index in [-0.39, 0.29) is 17.5 Å². The second-order valence-corrected chi connectivity index (χ2v) is 7.43. The SMILES string of the molecule is O=c1oc(OCCCCCCCCCCCCCC[N+](=O)[O-])nc2ccccc12. The zero-order valence-electron chi connectivity index (χ0n) is 17.1. The van der Waals surface area contributed by atoms with E-state index >= 15 is 0 Å². The van der Waals surface area contributed by atoms with E-state index in [1.165, 1.54) is 44.9 Å². The molecule has 7 heteroatoms. The molecular weight excluding hydrogens is 372 g/mol. The average Bonchev–Trinajstić information content (AvgIpc) is 2.70. The molecule has 2 rings (SSSR count). The number of rotatable bonds is 16. The van der Waals surface area contributed by atoms with Crippen LogP contribution < -0.4 is 10.4 Å². The van der Waals surface area contributed by atoms with Crippen molar-refractivity contribution in [1.82, 2.24) is 4.98 Å². The molecule has 0 amide bonds. The van der Waals surface area contributed by atoms with Crippen molar-refractivity contribution >= 4 is 10.9 Å². The second kappa shape index (κ2) is 13.7. The van der Waals surface area contributed by atoms with Crippen LogP contribution in [0.25, 0.3) is 10.9 Å². The van der Waals surface area contributed by atoms with Crippen molar-refractivity contribution in [2.75, 3.05) is 13.2 Å². The van der Waals surface area contributed by atoms with E-state index in [0.717, 1.165) is 25.7 Å². The molecule has 2 aromatic rings. The van der Waals surface area contributed by atoms with E-state index in [1.54, 1.807) is 18.2 Å². The first-order valence-electron chi connectivity index (χ1n) is 10.8. The number of hydrogen-bond acceptors (Lipinski definition) is 6. The predicted molar refractivity (Wildman–Crippen MR) is 113 cm³/mol. The normalized spacial score (nSPS) is 11.0. The van der Waals surface area contributed by atoms with Gasteiger partial charge in [0.25, 0.3) is 0 Å². The van der Waals surface area contributed by atoms with Gasteiger partial charge in [0.1, 0.15) is 0 Å². The van der Waals surface area contributed by atoms with Crippen LogP contribution in [0.15, 0.2) is 33.5 Å². The quantitative estimate of drug-likeness (QED) is 0.207. The zero-order chi connectivity index (χ0) is 20.7. The van der Waals surface area contributed by atoms with Gasteiger partial charge in [-0.3, -0.25) is 10.1 Å². The van der Waals surface area contributed by atoms with Crippen molar-refractivity contribution in [3.63, 3.8) is 0 Å². The maximum absolute atomic E-state index is 11.9. The minimum atomic E-state index is -0.415. The number of hydrogen-bond donors (Lipinski definition) is 0. The molecule has 160 valence electrons. The molecule has 0 atom stereocenters. The molecular formula is C22H32N2O5. The lowest BCUT2D eigenvalue weighted by Gasteiger charge is -2.05. The van der Waals surface area contributed by atoms with Gasteiger partial charge in [-0.05, 0) is 25.0 Å². The highest BCUT2D eigenvalue weighted by molar-refractivity contribution is 5.76. The summed E-state index contributed by atoms with van der Waals surface area (Å²) in [7, 11) is 0. The van der Waals surface area contributed by atoms with E-state index in [0.29, 0.717) is 23.9 Å². The molecule has 0 N–H and O–H groups in total. The maximum atomic E-state index is 11.9. The Morgan fingerprint density at radius 2 is 1.41 bits per heavy atom. The van der Waals surface area contributed by atoms with Gasteiger partial charge >= 0.3 is 11.7 Å². The Labute approximate surface area is 171 Å². The molecule has 29 heavy (non-hydrogen) atoms. The van der Waals surface area contributed by atoms with Crippen LogP contribution in [0.2, 0.25) is 0 Å². The Balaban J connectivity index is 1.41. The Morgan fingerprint density at radius 3 is 2.03 bits per heavy atom. The van der Waals surface area contributed by atoms with Gasteiger partial charge in [-0.25, -0.2) is 4.79 Å². The summed E-state index contributed by atoms with van der Waals surface area (Å²) < 4.78 is 10.6. The third kappa shape index (κ3) is 9.54. The van der Waals surface area contributed by atoms with E-state index < -0.39 is 5.63 Å². The van der Waals surface area contributed by atoms with Crippen LogP contribution >= 0.6 is 0 Å². The van der Waals surface area contributed by atoms with E-state index in [9.17, 15) is 14.9 Å². The first-order valence-corrected chi connectivity index (χ1v) is 10.8. The molecule has 0 aliphatic carbocycles. The molecule has 1 aromatic carbocycles. The summed E-state index contributed by atoms with van der Waals surface area (Å²) in [5.74, 6) is 0. The van der Waals surface area contributed by atoms with Crippen LogP contribution in [-0.2, 0) is 0 Å². The van der Waals surface area contributed by atoms with Crippen LogP contribution in [0.4, 0.5) is 0 Å². The number of ether oxygens (including phenoxy) is 1. The molecule has 0 aliphatic heterocycles. The topological polar surface area (TPSA) is 95.5 Å². The van der Waals surface area contributed by atoms with Crippen molar-refractivity contribution in [2.24, 2.45) is 0 Å². The molecule has 0 fully saturated rings. The third-order valence-electron chi connectivity index (χ3n) is 4.98. The number of para-hydroxylation sites is 1. The molecule has 0 spiro atoms. The highest BCUT2D eigenvalue weighted by atomic mass is 16.6. The fraction of sp³-hybridized carbons (Fsp3) is 0.636. The van der Waals surface area contributed by atoms with Crippen molar-refractivity contribution in [1.29, 1.82) is 0 Å². The summed E-state index contributed by atoms with van der Waals surface area (Å²) >= 11 is 0. The van der Waals surface area contributed by atoms with Crippen LogP contribution in [0.1, 0.15) is 77.0 Å². The standard InChI is InChI=1S/C22H32N2O5/c25-21-19-15-11-12-16-20(19)23-22(29-21)28-18-14-10-8-6-4-2-1-3-5-7-9-13-17-24(26)27/h11-12,15-16H,1-10,13-14,17-18H2. The number of nitrogens with zero attached hydrogens (tertiary/aromatic N) is 2. The summed E-state index contributed by atoms with van der Waals surface area (Å²) in [4.78, 5) is 26.1. The van der Waals surface area contributed by atoms with Crippen molar-refractivity contribution in [3.8, 4) is 6.08 Å². The predicted octanol–water partition coefficient (Wildman–Crippen LogP) is 5.52. The van der Waals surface area contributed by atoms with Gasteiger partial charge in [-0.15, -0.1) is 0 Å². The monoisotopic (exact) mass is 404 g/mol. The highest BCUT2D eigenvalue weighted by Crippen LogP contribution is 2.14. The Kier molecular flexibility index (Phi) is 10.8. The summed E-state index contributed by atoms with van der Waals surface area (Å²) in [6, 6.07) is 7.08. The lowest BCUT2D eigenvalue weighted by atomic mass is 10.1. The van der Waals surface area contributed by atoms with Crippen molar-refractivity contribution in [3.05, 3.63) is 44.8 Å². The Hall–Kier alpha value is -2.44. The van der Waals surface area contributed by atoms with Crippen LogP contribution in [0.5, 0.6) is 6.08 Å². The number of nitro groups is 1. The minimum Gasteiger partial charge on any atom is -0.450 e. The Morgan fingerprint density at radius 1 is 0.862 bits per heavy atom. The first kappa shape index (κ1) is 22.8. The summed E-state index contributed by atoms with van der Waals surface area (Å²) in [5, 5.41) is 10.7. The first-order chi connectivity index (χ1) is 14.2.